The lowest BCUT2D eigenvalue weighted by atomic mass is 10.1. The van der Waals surface area contributed by atoms with Crippen LogP contribution in [0.2, 0.25) is 0 Å². The molecule has 0 spiro atoms. The predicted octanol–water partition coefficient (Wildman–Crippen LogP) is 6.09. The Morgan fingerprint density at radius 2 is 1.55 bits per heavy atom. The number of methoxy groups -OCH3 is 1. The summed E-state index contributed by atoms with van der Waals surface area (Å²) in [7, 11) is 1.56. The van der Waals surface area contributed by atoms with Crippen molar-refractivity contribution in [3.63, 3.8) is 0 Å². The van der Waals surface area contributed by atoms with Crippen molar-refractivity contribution in [3.05, 3.63) is 65.7 Å². The van der Waals surface area contributed by atoms with Crippen LogP contribution in [-0.4, -0.2) is 28.5 Å². The van der Waals surface area contributed by atoms with Crippen molar-refractivity contribution in [3.8, 4) is 39.1 Å². The van der Waals surface area contributed by atoms with Crippen molar-refractivity contribution in [1.29, 1.82) is 0 Å². The topological polar surface area (TPSA) is 49.2 Å². The zero-order valence-electron chi connectivity index (χ0n) is 16.7. The minimum atomic E-state index is -4.58. The number of hydrogen-bond acceptors (Lipinski definition) is 5. The molecule has 5 nitrogen and oxygen atoms in total. The first-order valence-corrected chi connectivity index (χ1v) is 10.3. The van der Waals surface area contributed by atoms with Crippen LogP contribution in [0.4, 0.5) is 13.2 Å². The third-order valence-electron chi connectivity index (χ3n) is 4.52. The van der Waals surface area contributed by atoms with Gasteiger partial charge in [0, 0.05) is 16.5 Å². The van der Waals surface area contributed by atoms with E-state index in [0.29, 0.717) is 29.4 Å². The number of aromatic nitrogens is 3. The largest absolute Gasteiger partial charge is 0.497 e. The van der Waals surface area contributed by atoms with Crippen LogP contribution >= 0.6 is 11.3 Å². The monoisotopic (exact) mass is 445 g/mol. The van der Waals surface area contributed by atoms with Crippen LogP contribution in [0.25, 0.3) is 27.6 Å². The van der Waals surface area contributed by atoms with Crippen molar-refractivity contribution < 1.29 is 22.6 Å². The van der Waals surface area contributed by atoms with Crippen molar-refractivity contribution in [2.24, 2.45) is 0 Å². The van der Waals surface area contributed by atoms with E-state index in [1.807, 2.05) is 6.92 Å². The van der Waals surface area contributed by atoms with Gasteiger partial charge in [-0.2, -0.15) is 18.3 Å². The Labute approximate surface area is 180 Å². The van der Waals surface area contributed by atoms with Gasteiger partial charge < -0.3 is 9.47 Å². The molecule has 0 N–H and O–H groups in total. The van der Waals surface area contributed by atoms with Crippen LogP contribution in [0.5, 0.6) is 11.5 Å². The van der Waals surface area contributed by atoms with Gasteiger partial charge in [0.25, 0.3) is 0 Å². The summed E-state index contributed by atoms with van der Waals surface area (Å²) in [5.41, 5.74) is 1.22. The second kappa shape index (κ2) is 8.43. The van der Waals surface area contributed by atoms with E-state index in [1.54, 1.807) is 61.0 Å². The van der Waals surface area contributed by atoms with Gasteiger partial charge >= 0.3 is 6.18 Å². The van der Waals surface area contributed by atoms with Gasteiger partial charge in [0.1, 0.15) is 11.5 Å². The second-order valence-electron chi connectivity index (χ2n) is 6.53. The average Bonchev–Trinajstić information content (AvgIpc) is 3.42. The first kappa shape index (κ1) is 20.9. The van der Waals surface area contributed by atoms with E-state index >= 15 is 0 Å². The molecule has 0 atom stereocenters. The highest BCUT2D eigenvalue weighted by Crippen LogP contribution is 2.36. The molecule has 0 radical (unpaired) electrons. The Morgan fingerprint density at radius 3 is 2.13 bits per heavy atom. The third kappa shape index (κ3) is 4.41. The molecule has 2 heterocycles. The normalized spacial score (nSPS) is 11.5. The Balaban J connectivity index is 1.71. The standard InChI is InChI=1S/C22H18F3N3O2S/c1-3-30-17-10-6-14(7-11-17)18-12-20(22(23,24)25)28(27-18)21-26-19(13-31-21)15-4-8-16(29-2)9-5-15/h4-13H,3H2,1-2H3. The number of benzene rings is 2. The van der Waals surface area contributed by atoms with Gasteiger partial charge in [-0.05, 0) is 61.5 Å². The molecule has 160 valence electrons. The van der Waals surface area contributed by atoms with Crippen molar-refractivity contribution >= 4 is 11.3 Å². The molecule has 0 amide bonds. The van der Waals surface area contributed by atoms with Crippen molar-refractivity contribution in [2.75, 3.05) is 13.7 Å². The molecule has 0 aliphatic rings. The van der Waals surface area contributed by atoms with Crippen LogP contribution in [0.15, 0.2) is 60.0 Å². The number of halogens is 3. The molecule has 0 saturated heterocycles. The van der Waals surface area contributed by atoms with Crippen molar-refractivity contribution in [2.45, 2.75) is 13.1 Å². The van der Waals surface area contributed by atoms with Gasteiger partial charge in [-0.3, -0.25) is 0 Å². The summed E-state index contributed by atoms with van der Waals surface area (Å²) in [6.45, 7) is 2.37. The summed E-state index contributed by atoms with van der Waals surface area (Å²) >= 11 is 1.09. The number of alkyl halides is 3. The Hall–Kier alpha value is -3.33. The maximum Gasteiger partial charge on any atom is 0.433 e. The Morgan fingerprint density at radius 1 is 0.935 bits per heavy atom. The fourth-order valence-corrected chi connectivity index (χ4v) is 3.81. The lowest BCUT2D eigenvalue weighted by Gasteiger charge is -2.07. The van der Waals surface area contributed by atoms with E-state index in [-0.39, 0.29) is 10.8 Å². The minimum Gasteiger partial charge on any atom is -0.497 e. The zero-order chi connectivity index (χ0) is 22.0. The molecule has 4 rings (SSSR count). The van der Waals surface area contributed by atoms with Crippen LogP contribution in [0, 0.1) is 0 Å². The molecule has 0 aliphatic heterocycles. The summed E-state index contributed by atoms with van der Waals surface area (Å²) < 4.78 is 52.5. The highest BCUT2D eigenvalue weighted by atomic mass is 32.1. The van der Waals surface area contributed by atoms with Gasteiger partial charge in [-0.25, -0.2) is 9.67 Å². The number of nitrogens with zero attached hydrogens (tertiary/aromatic N) is 3. The highest BCUT2D eigenvalue weighted by molar-refractivity contribution is 7.12. The van der Waals surface area contributed by atoms with E-state index in [4.69, 9.17) is 9.47 Å². The lowest BCUT2D eigenvalue weighted by molar-refractivity contribution is -0.142. The SMILES string of the molecule is CCOc1ccc(-c2cc(C(F)(F)F)n(-c3nc(-c4ccc(OC)cc4)cs3)n2)cc1. The molecule has 2 aromatic carbocycles. The van der Waals surface area contributed by atoms with E-state index < -0.39 is 11.9 Å². The molecule has 0 bridgehead atoms. The molecular formula is C22H18F3N3O2S. The maximum absolute atomic E-state index is 13.7. The van der Waals surface area contributed by atoms with E-state index in [2.05, 4.69) is 10.1 Å². The molecule has 4 aromatic rings. The fraction of sp³-hybridized carbons (Fsp3) is 0.182. The van der Waals surface area contributed by atoms with E-state index in [0.717, 1.165) is 27.6 Å². The summed E-state index contributed by atoms with van der Waals surface area (Å²) in [5, 5.41) is 6.05. The molecular weight excluding hydrogens is 427 g/mol. The summed E-state index contributed by atoms with van der Waals surface area (Å²) in [4.78, 5) is 4.38. The number of thiazole rings is 1. The predicted molar refractivity (Wildman–Crippen MR) is 113 cm³/mol. The molecule has 0 saturated carbocycles. The second-order valence-corrected chi connectivity index (χ2v) is 7.36. The van der Waals surface area contributed by atoms with Crippen LogP contribution < -0.4 is 9.47 Å². The van der Waals surface area contributed by atoms with Crippen LogP contribution in [-0.2, 0) is 6.18 Å². The van der Waals surface area contributed by atoms with Gasteiger partial charge in [-0.15, -0.1) is 11.3 Å². The molecule has 2 aromatic heterocycles. The van der Waals surface area contributed by atoms with Gasteiger partial charge in [0.05, 0.1) is 25.1 Å². The molecule has 9 heteroatoms. The third-order valence-corrected chi connectivity index (χ3v) is 5.34. The van der Waals surface area contributed by atoms with Crippen LogP contribution in [0.3, 0.4) is 0 Å². The lowest BCUT2D eigenvalue weighted by Crippen LogP contribution is -2.13. The Bertz CT molecular complexity index is 1170. The summed E-state index contributed by atoms with van der Waals surface area (Å²) in [6, 6.07) is 15.0. The summed E-state index contributed by atoms with van der Waals surface area (Å²) in [6.07, 6.45) is -4.58. The molecule has 0 fully saturated rings. The average molecular weight is 445 g/mol. The zero-order valence-corrected chi connectivity index (χ0v) is 17.5. The fourth-order valence-electron chi connectivity index (χ4n) is 3.01. The van der Waals surface area contributed by atoms with E-state index in [9.17, 15) is 13.2 Å². The number of rotatable bonds is 6. The van der Waals surface area contributed by atoms with Crippen molar-refractivity contribution in [1.82, 2.24) is 14.8 Å². The van der Waals surface area contributed by atoms with Gasteiger partial charge in [-0.1, -0.05) is 0 Å². The molecule has 31 heavy (non-hydrogen) atoms. The number of ether oxygens (including phenoxy) is 2. The molecule has 0 unspecified atom stereocenters. The van der Waals surface area contributed by atoms with E-state index in [1.165, 1.54) is 0 Å². The molecule has 0 aliphatic carbocycles. The first-order chi connectivity index (χ1) is 14.9. The Kier molecular flexibility index (Phi) is 5.69. The smallest absolute Gasteiger partial charge is 0.433 e. The summed E-state index contributed by atoms with van der Waals surface area (Å²) in [5.74, 6) is 1.33. The quantitative estimate of drug-likeness (QED) is 0.360. The van der Waals surface area contributed by atoms with Gasteiger partial charge in [0.15, 0.2) is 5.69 Å². The first-order valence-electron chi connectivity index (χ1n) is 9.40. The number of hydrogen-bond donors (Lipinski definition) is 0. The highest BCUT2D eigenvalue weighted by Gasteiger charge is 2.37. The minimum absolute atomic E-state index is 0.135. The van der Waals surface area contributed by atoms with Crippen LogP contribution in [0.1, 0.15) is 12.6 Å². The van der Waals surface area contributed by atoms with Gasteiger partial charge in [0.2, 0.25) is 5.13 Å². The maximum atomic E-state index is 13.7.